The quantitative estimate of drug-likeness (QED) is 0.777. The predicted octanol–water partition coefficient (Wildman–Crippen LogP) is 2.27. The molecule has 19 heavy (non-hydrogen) atoms. The van der Waals surface area contributed by atoms with E-state index in [9.17, 15) is 5.11 Å². The summed E-state index contributed by atoms with van der Waals surface area (Å²) in [5.41, 5.74) is 0. The van der Waals surface area contributed by atoms with Gasteiger partial charge in [0, 0.05) is 19.7 Å². The van der Waals surface area contributed by atoms with Gasteiger partial charge in [0.15, 0.2) is 0 Å². The van der Waals surface area contributed by atoms with Crippen molar-refractivity contribution in [3.8, 4) is 0 Å². The zero-order valence-electron chi connectivity index (χ0n) is 12.4. The Morgan fingerprint density at radius 1 is 1.11 bits per heavy atom. The van der Waals surface area contributed by atoms with Crippen LogP contribution in [-0.4, -0.2) is 47.5 Å². The van der Waals surface area contributed by atoms with Gasteiger partial charge < -0.3 is 15.1 Å². The molecule has 2 aliphatic rings. The van der Waals surface area contributed by atoms with Crippen LogP contribution < -0.4 is 0 Å². The summed E-state index contributed by atoms with van der Waals surface area (Å²) in [5.74, 6) is 2.00. The third kappa shape index (κ3) is 4.44. The van der Waals surface area contributed by atoms with Gasteiger partial charge in [0.1, 0.15) is 0 Å². The molecule has 0 spiro atoms. The molecule has 0 amide bonds. The van der Waals surface area contributed by atoms with Crippen LogP contribution in [0, 0.1) is 17.8 Å². The Kier molecular flexibility index (Phi) is 6.11. The molecule has 3 nitrogen and oxygen atoms in total. The fourth-order valence-electron chi connectivity index (χ4n) is 4.04. The molecular weight excluding hydrogens is 238 g/mol. The van der Waals surface area contributed by atoms with E-state index in [4.69, 9.17) is 5.11 Å². The van der Waals surface area contributed by atoms with Crippen molar-refractivity contribution in [3.63, 3.8) is 0 Å². The molecule has 2 fully saturated rings. The van der Waals surface area contributed by atoms with Gasteiger partial charge in [-0.3, -0.25) is 0 Å². The Morgan fingerprint density at radius 3 is 2.68 bits per heavy atom. The maximum Gasteiger partial charge on any atom is 0.0580 e. The smallest absolute Gasteiger partial charge is 0.0580 e. The van der Waals surface area contributed by atoms with Crippen LogP contribution in [0.2, 0.25) is 0 Å². The largest absolute Gasteiger partial charge is 0.396 e. The van der Waals surface area contributed by atoms with Gasteiger partial charge in [0.2, 0.25) is 0 Å². The molecule has 0 radical (unpaired) electrons. The van der Waals surface area contributed by atoms with Crippen LogP contribution in [0.25, 0.3) is 0 Å². The predicted molar refractivity (Wildman–Crippen MR) is 78.0 cm³/mol. The first-order valence-corrected chi connectivity index (χ1v) is 8.24. The maximum absolute atomic E-state index is 10.2. The fraction of sp³-hybridized carbons (Fsp3) is 1.00. The summed E-state index contributed by atoms with van der Waals surface area (Å²) in [7, 11) is 0. The Hall–Kier alpha value is -0.120. The van der Waals surface area contributed by atoms with Crippen LogP contribution in [-0.2, 0) is 0 Å². The third-order valence-corrected chi connectivity index (χ3v) is 5.15. The number of hydrogen-bond donors (Lipinski definition) is 2. The van der Waals surface area contributed by atoms with Gasteiger partial charge in [0.25, 0.3) is 0 Å². The van der Waals surface area contributed by atoms with Gasteiger partial charge in [0.05, 0.1) is 6.10 Å². The van der Waals surface area contributed by atoms with Crippen molar-refractivity contribution in [2.24, 2.45) is 17.8 Å². The molecular formula is C16H31NO2. The molecule has 0 aromatic heterocycles. The second-order valence-corrected chi connectivity index (χ2v) is 6.72. The number of likely N-dealkylation sites (tertiary alicyclic amines) is 1. The lowest BCUT2D eigenvalue weighted by atomic mass is 9.77. The molecule has 4 unspecified atom stereocenters. The van der Waals surface area contributed by atoms with Gasteiger partial charge in [-0.25, -0.2) is 0 Å². The van der Waals surface area contributed by atoms with Crippen molar-refractivity contribution in [1.29, 1.82) is 0 Å². The number of nitrogens with zero attached hydrogens (tertiary/aromatic N) is 1. The summed E-state index contributed by atoms with van der Waals surface area (Å²) in [6.45, 7) is 5.95. The molecule has 1 saturated heterocycles. The van der Waals surface area contributed by atoms with Gasteiger partial charge in [-0.1, -0.05) is 19.8 Å². The topological polar surface area (TPSA) is 43.7 Å². The van der Waals surface area contributed by atoms with Crippen LogP contribution in [0.5, 0.6) is 0 Å². The zero-order valence-corrected chi connectivity index (χ0v) is 12.4. The van der Waals surface area contributed by atoms with Gasteiger partial charge in [-0.15, -0.1) is 0 Å². The lowest BCUT2D eigenvalue weighted by Crippen LogP contribution is -2.38. The van der Waals surface area contributed by atoms with Crippen molar-refractivity contribution >= 4 is 0 Å². The summed E-state index contributed by atoms with van der Waals surface area (Å²) >= 11 is 0. The highest BCUT2D eigenvalue weighted by atomic mass is 16.3. The van der Waals surface area contributed by atoms with E-state index in [1.807, 2.05) is 0 Å². The first-order valence-electron chi connectivity index (χ1n) is 8.24. The molecule has 3 heteroatoms. The average Bonchev–Trinajstić information content (AvgIpc) is 2.82. The van der Waals surface area contributed by atoms with Crippen LogP contribution in [0.1, 0.15) is 51.9 Å². The summed E-state index contributed by atoms with van der Waals surface area (Å²) in [6, 6.07) is 0. The van der Waals surface area contributed by atoms with Crippen LogP contribution >= 0.6 is 0 Å². The first-order chi connectivity index (χ1) is 9.22. The van der Waals surface area contributed by atoms with E-state index in [1.165, 1.54) is 32.1 Å². The van der Waals surface area contributed by atoms with Gasteiger partial charge in [-0.05, 0) is 56.4 Å². The highest BCUT2D eigenvalue weighted by Gasteiger charge is 2.32. The number of aliphatic hydroxyl groups excluding tert-OH is 2. The summed E-state index contributed by atoms with van der Waals surface area (Å²) in [5, 5.41) is 19.2. The van der Waals surface area contributed by atoms with E-state index in [0.29, 0.717) is 18.4 Å². The van der Waals surface area contributed by atoms with E-state index in [1.54, 1.807) is 0 Å². The highest BCUT2D eigenvalue weighted by molar-refractivity contribution is 4.84. The SMILES string of the molecule is CCCC1CCC(O)C(CN2CCC(CCO)C2)C1. The number of hydrogen-bond acceptors (Lipinski definition) is 3. The monoisotopic (exact) mass is 269 g/mol. The van der Waals surface area contributed by atoms with Crippen molar-refractivity contribution in [2.75, 3.05) is 26.2 Å². The summed E-state index contributed by atoms with van der Waals surface area (Å²) in [6.07, 6.45) is 8.14. The molecule has 2 rings (SSSR count). The molecule has 1 heterocycles. The van der Waals surface area contributed by atoms with Crippen LogP contribution in [0.3, 0.4) is 0 Å². The van der Waals surface area contributed by atoms with Gasteiger partial charge in [-0.2, -0.15) is 0 Å². The molecule has 1 aliphatic heterocycles. The average molecular weight is 269 g/mol. The second-order valence-electron chi connectivity index (χ2n) is 6.72. The van der Waals surface area contributed by atoms with E-state index in [-0.39, 0.29) is 6.10 Å². The molecule has 112 valence electrons. The van der Waals surface area contributed by atoms with E-state index in [0.717, 1.165) is 38.4 Å². The minimum atomic E-state index is -0.0787. The fourth-order valence-corrected chi connectivity index (χ4v) is 4.04. The summed E-state index contributed by atoms with van der Waals surface area (Å²) in [4.78, 5) is 2.52. The Labute approximate surface area is 118 Å². The number of aliphatic hydroxyl groups is 2. The Bertz CT molecular complexity index is 259. The Balaban J connectivity index is 1.77. The lowest BCUT2D eigenvalue weighted by molar-refractivity contribution is 0.0288. The zero-order chi connectivity index (χ0) is 13.7. The van der Waals surface area contributed by atoms with Crippen LogP contribution in [0.15, 0.2) is 0 Å². The third-order valence-electron chi connectivity index (χ3n) is 5.15. The normalized spacial score (nSPS) is 36.8. The lowest BCUT2D eigenvalue weighted by Gasteiger charge is -2.35. The van der Waals surface area contributed by atoms with Crippen molar-refractivity contribution < 1.29 is 10.2 Å². The minimum Gasteiger partial charge on any atom is -0.396 e. The van der Waals surface area contributed by atoms with Crippen molar-refractivity contribution in [2.45, 2.75) is 58.0 Å². The highest BCUT2D eigenvalue weighted by Crippen LogP contribution is 2.33. The standard InChI is InChI=1S/C16H31NO2/c1-2-3-13-4-5-16(19)15(10-13)12-17-8-6-14(11-17)7-9-18/h13-16,18-19H,2-12H2,1H3. The number of rotatable bonds is 6. The van der Waals surface area contributed by atoms with Crippen LogP contribution in [0.4, 0.5) is 0 Å². The molecule has 4 atom stereocenters. The van der Waals surface area contributed by atoms with Gasteiger partial charge >= 0.3 is 0 Å². The second kappa shape index (κ2) is 7.61. The van der Waals surface area contributed by atoms with Crippen molar-refractivity contribution in [3.05, 3.63) is 0 Å². The molecule has 2 N–H and O–H groups in total. The first kappa shape index (κ1) is 15.3. The van der Waals surface area contributed by atoms with E-state index < -0.39 is 0 Å². The molecule has 1 saturated carbocycles. The molecule has 0 aromatic rings. The maximum atomic E-state index is 10.2. The summed E-state index contributed by atoms with van der Waals surface area (Å²) < 4.78 is 0. The van der Waals surface area contributed by atoms with E-state index >= 15 is 0 Å². The Morgan fingerprint density at radius 2 is 1.95 bits per heavy atom. The molecule has 0 aromatic carbocycles. The minimum absolute atomic E-state index is 0.0787. The van der Waals surface area contributed by atoms with Crippen molar-refractivity contribution in [1.82, 2.24) is 4.90 Å². The van der Waals surface area contributed by atoms with E-state index in [2.05, 4.69) is 11.8 Å². The molecule has 0 bridgehead atoms. The molecule has 1 aliphatic carbocycles.